The zero-order valence-corrected chi connectivity index (χ0v) is 6.71. The van der Waals surface area contributed by atoms with E-state index in [0.29, 0.717) is 11.4 Å². The first kappa shape index (κ1) is 7.78. The highest BCUT2D eigenvalue weighted by molar-refractivity contribution is 5.88. The maximum Gasteiger partial charge on any atom is 0.0752 e. The summed E-state index contributed by atoms with van der Waals surface area (Å²) in [5.74, 6) is -1.16. The van der Waals surface area contributed by atoms with Gasteiger partial charge in [-0.15, -0.1) is 0 Å². The number of rotatable bonds is 1. The summed E-state index contributed by atoms with van der Waals surface area (Å²) in [7, 11) is 1.70. The van der Waals surface area contributed by atoms with Gasteiger partial charge in [-0.05, 0) is 13.8 Å². The van der Waals surface area contributed by atoms with Gasteiger partial charge < -0.3 is 9.90 Å². The van der Waals surface area contributed by atoms with E-state index in [0.717, 1.165) is 0 Å². The first-order valence-corrected chi connectivity index (χ1v) is 3.25. The van der Waals surface area contributed by atoms with Crippen molar-refractivity contribution in [3.05, 3.63) is 17.0 Å². The molecule has 0 aliphatic carbocycles. The minimum absolute atomic E-state index is 0.201. The maximum absolute atomic E-state index is 10.5. The van der Waals surface area contributed by atoms with E-state index in [1.165, 1.54) is 4.68 Å². The Balaban J connectivity index is 3.34. The number of carboxylic acid groups (broad SMARTS) is 1. The predicted molar refractivity (Wildman–Crippen MR) is 37.0 cm³/mol. The Morgan fingerprint density at radius 1 is 1.55 bits per heavy atom. The molecule has 0 aliphatic heterocycles. The van der Waals surface area contributed by atoms with E-state index in [1.807, 2.05) is 0 Å². The van der Waals surface area contributed by atoms with Crippen LogP contribution in [0.4, 0.5) is 0 Å². The van der Waals surface area contributed by atoms with E-state index in [9.17, 15) is 9.90 Å². The average Bonchev–Trinajstić information content (AvgIpc) is 2.07. The number of carboxylic acids is 1. The minimum atomic E-state index is -1.16. The molecule has 60 valence electrons. The number of carbonyl (C=O) groups excluding carboxylic acids is 1. The number of hydrogen-bond donors (Lipinski definition) is 0. The molecule has 0 saturated carbocycles. The van der Waals surface area contributed by atoms with Gasteiger partial charge in [-0.2, -0.15) is 5.10 Å². The molecule has 0 aliphatic rings. The van der Waals surface area contributed by atoms with E-state index in [-0.39, 0.29) is 5.56 Å². The van der Waals surface area contributed by atoms with Gasteiger partial charge >= 0.3 is 0 Å². The minimum Gasteiger partial charge on any atom is -0.545 e. The molecule has 0 radical (unpaired) electrons. The zero-order chi connectivity index (χ0) is 8.59. The number of nitrogens with zero attached hydrogens (tertiary/aromatic N) is 2. The summed E-state index contributed by atoms with van der Waals surface area (Å²) in [5, 5.41) is 14.4. The van der Waals surface area contributed by atoms with Crippen molar-refractivity contribution in [2.45, 2.75) is 13.8 Å². The average molecular weight is 153 g/mol. The van der Waals surface area contributed by atoms with Gasteiger partial charge in [0.15, 0.2) is 0 Å². The second-order valence-corrected chi connectivity index (χ2v) is 2.46. The molecule has 0 spiro atoms. The summed E-state index contributed by atoms with van der Waals surface area (Å²) in [6.07, 6.45) is 0. The van der Waals surface area contributed by atoms with Gasteiger partial charge in [-0.1, -0.05) is 0 Å². The third-order valence-corrected chi connectivity index (χ3v) is 1.71. The third-order valence-electron chi connectivity index (χ3n) is 1.71. The molecule has 0 atom stereocenters. The fourth-order valence-corrected chi connectivity index (χ4v) is 1.07. The molecule has 4 nitrogen and oxygen atoms in total. The maximum atomic E-state index is 10.5. The molecule has 0 saturated heterocycles. The summed E-state index contributed by atoms with van der Waals surface area (Å²) in [6.45, 7) is 3.35. The van der Waals surface area contributed by atoms with Gasteiger partial charge in [0.1, 0.15) is 0 Å². The lowest BCUT2D eigenvalue weighted by molar-refractivity contribution is -0.255. The van der Waals surface area contributed by atoms with Gasteiger partial charge in [-0.25, -0.2) is 0 Å². The van der Waals surface area contributed by atoms with Crippen LogP contribution in [0.1, 0.15) is 21.7 Å². The number of aromatic nitrogens is 2. The van der Waals surface area contributed by atoms with E-state index < -0.39 is 5.97 Å². The Bertz CT molecular complexity index is 302. The van der Waals surface area contributed by atoms with Crippen LogP contribution >= 0.6 is 0 Å². The lowest BCUT2D eigenvalue weighted by Gasteiger charge is -2.00. The van der Waals surface area contributed by atoms with Crippen LogP contribution in [0.15, 0.2) is 0 Å². The predicted octanol–water partition coefficient (Wildman–Crippen LogP) is -0.600. The highest BCUT2D eigenvalue weighted by Gasteiger charge is 2.08. The SMILES string of the molecule is Cc1nn(C)c(C)c1C(=O)[O-]. The Kier molecular flexibility index (Phi) is 1.68. The summed E-state index contributed by atoms with van der Waals surface area (Å²) < 4.78 is 1.53. The standard InChI is InChI=1S/C7H10N2O2/c1-4-6(7(10)11)5(2)9(3)8-4/h1-3H3,(H,10,11)/p-1. The van der Waals surface area contributed by atoms with Gasteiger partial charge in [-0.3, -0.25) is 4.68 Å². The Morgan fingerprint density at radius 2 is 2.09 bits per heavy atom. The van der Waals surface area contributed by atoms with Crippen LogP contribution in [0.5, 0.6) is 0 Å². The van der Waals surface area contributed by atoms with Crippen molar-refractivity contribution >= 4 is 5.97 Å². The van der Waals surface area contributed by atoms with Crippen LogP contribution in [0, 0.1) is 13.8 Å². The smallest absolute Gasteiger partial charge is 0.0752 e. The Labute approximate surface area is 64.5 Å². The molecule has 0 bridgehead atoms. The van der Waals surface area contributed by atoms with Crippen molar-refractivity contribution in [3.8, 4) is 0 Å². The van der Waals surface area contributed by atoms with Gasteiger partial charge in [0.05, 0.1) is 11.7 Å². The van der Waals surface area contributed by atoms with E-state index in [1.54, 1.807) is 20.9 Å². The van der Waals surface area contributed by atoms with Crippen molar-refractivity contribution in [2.75, 3.05) is 0 Å². The number of aromatic carboxylic acids is 1. The largest absolute Gasteiger partial charge is 0.545 e. The summed E-state index contributed by atoms with van der Waals surface area (Å²) in [5.41, 5.74) is 1.33. The van der Waals surface area contributed by atoms with Crippen molar-refractivity contribution in [1.82, 2.24) is 9.78 Å². The molecule has 0 unspecified atom stereocenters. The molecule has 0 amide bonds. The van der Waals surface area contributed by atoms with Gasteiger partial charge in [0, 0.05) is 18.3 Å². The molecule has 4 heteroatoms. The zero-order valence-electron chi connectivity index (χ0n) is 6.71. The monoisotopic (exact) mass is 153 g/mol. The van der Waals surface area contributed by atoms with E-state index in [4.69, 9.17) is 0 Å². The second kappa shape index (κ2) is 2.38. The van der Waals surface area contributed by atoms with Gasteiger partial charge in [0.25, 0.3) is 0 Å². The highest BCUT2D eigenvalue weighted by Crippen LogP contribution is 2.09. The first-order chi connectivity index (χ1) is 5.04. The lowest BCUT2D eigenvalue weighted by atomic mass is 10.2. The molecule has 1 rings (SSSR count). The molecule has 1 aromatic rings. The number of aryl methyl sites for hydroxylation is 2. The van der Waals surface area contributed by atoms with E-state index >= 15 is 0 Å². The fraction of sp³-hybridized carbons (Fsp3) is 0.429. The normalized spacial score (nSPS) is 10.1. The molecule has 0 N–H and O–H groups in total. The third kappa shape index (κ3) is 1.11. The second-order valence-electron chi connectivity index (χ2n) is 2.46. The molecule has 1 aromatic heterocycles. The van der Waals surface area contributed by atoms with Crippen molar-refractivity contribution in [2.24, 2.45) is 7.05 Å². The van der Waals surface area contributed by atoms with Crippen LogP contribution in [0.2, 0.25) is 0 Å². The molecule has 0 aromatic carbocycles. The molecular weight excluding hydrogens is 144 g/mol. The Hall–Kier alpha value is -1.32. The van der Waals surface area contributed by atoms with Crippen molar-refractivity contribution < 1.29 is 9.90 Å². The topological polar surface area (TPSA) is 58.0 Å². The van der Waals surface area contributed by atoms with Crippen LogP contribution < -0.4 is 5.11 Å². The van der Waals surface area contributed by atoms with Crippen molar-refractivity contribution in [1.29, 1.82) is 0 Å². The molecule has 1 heterocycles. The lowest BCUT2D eigenvalue weighted by Crippen LogP contribution is -2.23. The molecular formula is C7H9N2O2-. The fourth-order valence-electron chi connectivity index (χ4n) is 1.07. The van der Waals surface area contributed by atoms with E-state index in [2.05, 4.69) is 5.10 Å². The molecule has 0 fully saturated rings. The molecule has 11 heavy (non-hydrogen) atoms. The van der Waals surface area contributed by atoms with Crippen LogP contribution in [-0.4, -0.2) is 15.7 Å². The van der Waals surface area contributed by atoms with Crippen LogP contribution in [-0.2, 0) is 7.05 Å². The Morgan fingerprint density at radius 3 is 2.27 bits per heavy atom. The highest BCUT2D eigenvalue weighted by atomic mass is 16.4. The number of hydrogen-bond acceptors (Lipinski definition) is 3. The number of carbonyl (C=O) groups is 1. The summed E-state index contributed by atoms with van der Waals surface area (Å²) in [4.78, 5) is 10.5. The summed E-state index contributed by atoms with van der Waals surface area (Å²) >= 11 is 0. The first-order valence-electron chi connectivity index (χ1n) is 3.25. The summed E-state index contributed by atoms with van der Waals surface area (Å²) in [6, 6.07) is 0. The quantitative estimate of drug-likeness (QED) is 0.541. The van der Waals surface area contributed by atoms with Crippen LogP contribution in [0.3, 0.4) is 0 Å². The van der Waals surface area contributed by atoms with Crippen molar-refractivity contribution in [3.63, 3.8) is 0 Å². The van der Waals surface area contributed by atoms with Gasteiger partial charge in [0.2, 0.25) is 0 Å². The van der Waals surface area contributed by atoms with Crippen LogP contribution in [0.25, 0.3) is 0 Å².